The van der Waals surface area contributed by atoms with Gasteiger partial charge < -0.3 is 10.6 Å². The molecule has 1 saturated heterocycles. The van der Waals surface area contributed by atoms with Gasteiger partial charge in [-0.3, -0.25) is 14.6 Å². The number of fused-ring (bicyclic) bond motifs is 1. The minimum atomic E-state index is -0.139. The number of hydrogen-bond donors (Lipinski definition) is 2. The van der Waals surface area contributed by atoms with Crippen molar-refractivity contribution in [2.75, 3.05) is 0 Å². The lowest BCUT2D eigenvalue weighted by atomic mass is 9.94. The highest BCUT2D eigenvalue weighted by molar-refractivity contribution is 8.04. The number of aromatic nitrogens is 1. The number of nitrogens with one attached hydrogen (secondary N) is 2. The summed E-state index contributed by atoms with van der Waals surface area (Å²) in [6.45, 7) is 0.394. The molecule has 5 nitrogen and oxygen atoms in total. The second-order valence-electron chi connectivity index (χ2n) is 7.16. The van der Waals surface area contributed by atoms with Crippen molar-refractivity contribution in [2.24, 2.45) is 0 Å². The van der Waals surface area contributed by atoms with Crippen LogP contribution in [0, 0.1) is 0 Å². The molecule has 2 N–H and O–H groups in total. The fraction of sp³-hybridized carbons (Fsp3) is 0.318. The first-order valence-corrected chi connectivity index (χ1v) is 10.5. The molecule has 1 aromatic carbocycles. The Balaban J connectivity index is 1.39. The number of amides is 2. The average Bonchev–Trinajstić information content (AvgIpc) is 2.74. The quantitative estimate of drug-likeness (QED) is 0.780. The van der Waals surface area contributed by atoms with E-state index in [1.165, 1.54) is 12.8 Å². The molecule has 2 fully saturated rings. The number of pyridine rings is 1. The zero-order valence-electron chi connectivity index (χ0n) is 15.6. The van der Waals surface area contributed by atoms with Gasteiger partial charge in [-0.1, -0.05) is 31.0 Å². The number of thioether (sulfide) groups is 1. The lowest BCUT2D eigenvalue weighted by Crippen LogP contribution is -2.48. The van der Waals surface area contributed by atoms with E-state index in [-0.39, 0.29) is 11.8 Å². The Bertz CT molecular complexity index is 880. The molecule has 2 aliphatic rings. The van der Waals surface area contributed by atoms with E-state index in [4.69, 9.17) is 0 Å². The summed E-state index contributed by atoms with van der Waals surface area (Å²) in [5, 5.41) is 6.50. The molecule has 0 bridgehead atoms. The molecule has 1 aliphatic carbocycles. The molecular formula is C22H23N3O2S. The Morgan fingerprint density at radius 2 is 2.00 bits per heavy atom. The van der Waals surface area contributed by atoms with Gasteiger partial charge in [0.2, 0.25) is 0 Å². The van der Waals surface area contributed by atoms with Crippen molar-refractivity contribution in [1.29, 1.82) is 0 Å². The van der Waals surface area contributed by atoms with Crippen LogP contribution in [0.15, 0.2) is 53.6 Å². The number of nitrogens with zero attached hydrogens (tertiary/aromatic N) is 1. The van der Waals surface area contributed by atoms with Crippen LogP contribution in [-0.2, 0) is 11.3 Å². The van der Waals surface area contributed by atoms with Gasteiger partial charge in [0.1, 0.15) is 0 Å². The standard InChI is InChI=1S/C22H23N3O2S/c26-21(24-14-17-5-3-4-12-23-17)16-10-8-15(9-11-16)13-20-22(27)25-18-6-1-2-7-19(18)28-20/h3-5,8-13,18-19H,1-2,6-7,14H2,(H,24,26)(H,25,27)/b20-13+. The highest BCUT2D eigenvalue weighted by Crippen LogP contribution is 2.37. The topological polar surface area (TPSA) is 71.1 Å². The molecule has 2 aromatic rings. The van der Waals surface area contributed by atoms with Crippen LogP contribution in [0.1, 0.15) is 47.3 Å². The highest BCUT2D eigenvalue weighted by atomic mass is 32.2. The van der Waals surface area contributed by atoms with Crippen LogP contribution in [0.2, 0.25) is 0 Å². The summed E-state index contributed by atoms with van der Waals surface area (Å²) in [4.78, 5) is 29.6. The minimum absolute atomic E-state index is 0.0188. The van der Waals surface area contributed by atoms with Crippen molar-refractivity contribution in [2.45, 2.75) is 43.5 Å². The Morgan fingerprint density at radius 3 is 2.79 bits per heavy atom. The largest absolute Gasteiger partial charge is 0.348 e. The third-order valence-corrected chi connectivity index (χ3v) is 6.57. The van der Waals surface area contributed by atoms with Crippen molar-refractivity contribution in [3.8, 4) is 0 Å². The first-order valence-electron chi connectivity index (χ1n) is 9.66. The molecule has 1 aromatic heterocycles. The van der Waals surface area contributed by atoms with E-state index in [9.17, 15) is 9.59 Å². The summed E-state index contributed by atoms with van der Waals surface area (Å²) in [6.07, 6.45) is 8.30. The monoisotopic (exact) mass is 393 g/mol. The van der Waals surface area contributed by atoms with Gasteiger partial charge in [-0.25, -0.2) is 0 Å². The van der Waals surface area contributed by atoms with Crippen LogP contribution in [0.4, 0.5) is 0 Å². The molecule has 1 saturated carbocycles. The number of rotatable bonds is 4. The summed E-state index contributed by atoms with van der Waals surface area (Å²) in [6, 6.07) is 13.3. The Kier molecular flexibility index (Phi) is 5.76. The predicted octanol–water partition coefficient (Wildman–Crippen LogP) is 3.53. The van der Waals surface area contributed by atoms with Crippen LogP contribution < -0.4 is 10.6 Å². The number of hydrogen-bond acceptors (Lipinski definition) is 4. The SMILES string of the molecule is O=C1NC2CCCCC2S/C1=C/c1ccc(C(=O)NCc2ccccn2)cc1. The normalized spacial score (nSPS) is 23.0. The fourth-order valence-electron chi connectivity index (χ4n) is 3.62. The third-order valence-electron chi connectivity index (χ3n) is 5.15. The number of carbonyl (C=O) groups is 2. The molecule has 144 valence electrons. The zero-order valence-corrected chi connectivity index (χ0v) is 16.4. The van der Waals surface area contributed by atoms with Crippen LogP contribution in [0.25, 0.3) is 6.08 Å². The first-order chi connectivity index (χ1) is 13.7. The van der Waals surface area contributed by atoms with Crippen LogP contribution >= 0.6 is 11.8 Å². The van der Waals surface area contributed by atoms with Crippen molar-refractivity contribution in [3.63, 3.8) is 0 Å². The summed E-state index contributed by atoms with van der Waals surface area (Å²) in [5.74, 6) is -0.120. The molecule has 0 radical (unpaired) electrons. The highest BCUT2D eigenvalue weighted by Gasteiger charge is 2.34. The smallest absolute Gasteiger partial charge is 0.257 e. The maximum atomic E-state index is 12.4. The van der Waals surface area contributed by atoms with Gasteiger partial charge >= 0.3 is 0 Å². The van der Waals surface area contributed by atoms with Gasteiger partial charge in [0.05, 0.1) is 17.1 Å². The Hall–Kier alpha value is -2.60. The molecule has 6 heteroatoms. The minimum Gasteiger partial charge on any atom is -0.348 e. The van der Waals surface area contributed by atoms with Gasteiger partial charge in [-0.05, 0) is 48.7 Å². The van der Waals surface area contributed by atoms with E-state index in [2.05, 4.69) is 15.6 Å². The van der Waals surface area contributed by atoms with E-state index in [0.29, 0.717) is 23.4 Å². The number of benzene rings is 1. The maximum Gasteiger partial charge on any atom is 0.257 e. The van der Waals surface area contributed by atoms with Gasteiger partial charge in [-0.2, -0.15) is 0 Å². The van der Waals surface area contributed by atoms with Crippen molar-refractivity contribution >= 4 is 29.7 Å². The molecule has 28 heavy (non-hydrogen) atoms. The fourth-order valence-corrected chi connectivity index (χ4v) is 4.97. The lowest BCUT2D eigenvalue weighted by Gasteiger charge is -2.36. The Labute approximate surface area is 169 Å². The van der Waals surface area contributed by atoms with Gasteiger partial charge in [0.15, 0.2) is 0 Å². The van der Waals surface area contributed by atoms with Gasteiger partial charge in [-0.15, -0.1) is 11.8 Å². The molecule has 4 rings (SSSR count). The number of carbonyl (C=O) groups excluding carboxylic acids is 2. The summed E-state index contributed by atoms with van der Waals surface area (Å²) < 4.78 is 0. The lowest BCUT2D eigenvalue weighted by molar-refractivity contribution is -0.117. The van der Waals surface area contributed by atoms with Crippen LogP contribution in [0.3, 0.4) is 0 Å². The van der Waals surface area contributed by atoms with Crippen LogP contribution in [-0.4, -0.2) is 28.1 Å². The van der Waals surface area contributed by atoms with E-state index in [0.717, 1.165) is 29.0 Å². The summed E-state index contributed by atoms with van der Waals surface area (Å²) in [7, 11) is 0. The molecule has 2 amide bonds. The van der Waals surface area contributed by atoms with Crippen molar-refractivity contribution in [3.05, 3.63) is 70.4 Å². The molecule has 0 spiro atoms. The first kappa shape index (κ1) is 18.7. The molecule has 2 heterocycles. The predicted molar refractivity (Wildman–Crippen MR) is 112 cm³/mol. The third kappa shape index (κ3) is 4.44. The van der Waals surface area contributed by atoms with Crippen LogP contribution in [0.5, 0.6) is 0 Å². The van der Waals surface area contributed by atoms with E-state index in [1.54, 1.807) is 30.1 Å². The van der Waals surface area contributed by atoms with Gasteiger partial charge in [0, 0.05) is 23.1 Å². The maximum absolute atomic E-state index is 12.4. The van der Waals surface area contributed by atoms with Crippen molar-refractivity contribution in [1.82, 2.24) is 15.6 Å². The molecular weight excluding hydrogens is 370 g/mol. The molecule has 2 atom stereocenters. The van der Waals surface area contributed by atoms with Gasteiger partial charge in [0.25, 0.3) is 11.8 Å². The second-order valence-corrected chi connectivity index (χ2v) is 8.44. The van der Waals surface area contributed by atoms with E-state index >= 15 is 0 Å². The summed E-state index contributed by atoms with van der Waals surface area (Å²) in [5.41, 5.74) is 2.33. The second kappa shape index (κ2) is 8.61. The summed E-state index contributed by atoms with van der Waals surface area (Å²) >= 11 is 1.70. The van der Waals surface area contributed by atoms with E-state index in [1.807, 2.05) is 36.4 Å². The van der Waals surface area contributed by atoms with E-state index < -0.39 is 0 Å². The Morgan fingerprint density at radius 1 is 1.18 bits per heavy atom. The molecule has 1 aliphatic heterocycles. The van der Waals surface area contributed by atoms with Crippen molar-refractivity contribution < 1.29 is 9.59 Å². The molecule has 2 unspecified atom stereocenters. The zero-order chi connectivity index (χ0) is 19.3. The average molecular weight is 394 g/mol.